The maximum Gasteiger partial charge on any atom is 0.178 e. The summed E-state index contributed by atoms with van der Waals surface area (Å²) in [7, 11) is -3.27. The lowest BCUT2D eigenvalue weighted by Crippen LogP contribution is -2.36. The number of likely N-dealkylation sites (tertiary alicyclic amines) is 1. The number of hydrogen-bond donors (Lipinski definition) is 1. The number of benzene rings is 1. The number of rotatable bonds is 5. The molecule has 24 heavy (non-hydrogen) atoms. The number of aromatic nitrogens is 2. The lowest BCUT2D eigenvalue weighted by molar-refractivity contribution is 0.164. The fourth-order valence-electron chi connectivity index (χ4n) is 3.39. The summed E-state index contributed by atoms with van der Waals surface area (Å²) in [6.45, 7) is 2.36. The molecule has 5 nitrogen and oxygen atoms in total. The first kappa shape index (κ1) is 17.1. The van der Waals surface area contributed by atoms with Gasteiger partial charge in [-0.05, 0) is 37.8 Å². The summed E-state index contributed by atoms with van der Waals surface area (Å²) in [6.07, 6.45) is 5.30. The molecule has 0 saturated carbocycles. The minimum atomic E-state index is -3.27. The number of hydrogen-bond acceptors (Lipinski definition) is 4. The summed E-state index contributed by atoms with van der Waals surface area (Å²) in [5.41, 5.74) is 1.38. The molecular weight excluding hydrogens is 329 g/mol. The van der Waals surface area contributed by atoms with Crippen molar-refractivity contribution in [3.05, 3.63) is 47.5 Å². The Bertz CT molecular complexity index is 804. The predicted octanol–water partition coefficient (Wildman–Crippen LogP) is 2.41. The molecule has 1 aromatic heterocycles. The first-order valence-electron chi connectivity index (χ1n) is 8.11. The monoisotopic (exact) mass is 351 g/mol. The van der Waals surface area contributed by atoms with Crippen LogP contribution in [0.5, 0.6) is 0 Å². The average Bonchev–Trinajstić information content (AvgIpc) is 2.98. The fraction of sp³-hybridized carbons (Fsp3) is 0.471. The number of nitrogens with one attached hydrogen (secondary N) is 1. The second kappa shape index (κ2) is 7.03. The first-order valence-corrected chi connectivity index (χ1v) is 10.0. The zero-order valence-electron chi connectivity index (χ0n) is 13.7. The van der Waals surface area contributed by atoms with Crippen molar-refractivity contribution in [3.8, 4) is 0 Å². The van der Waals surface area contributed by atoms with Crippen molar-refractivity contribution < 1.29 is 12.8 Å². The van der Waals surface area contributed by atoms with Gasteiger partial charge in [0.25, 0.3) is 0 Å². The summed E-state index contributed by atoms with van der Waals surface area (Å²) in [6, 6.07) is 6.85. The molecule has 1 aliphatic heterocycles. The van der Waals surface area contributed by atoms with E-state index in [4.69, 9.17) is 0 Å². The second-order valence-corrected chi connectivity index (χ2v) is 8.51. The van der Waals surface area contributed by atoms with Crippen molar-refractivity contribution in [1.82, 2.24) is 15.1 Å². The van der Waals surface area contributed by atoms with Gasteiger partial charge in [0.1, 0.15) is 10.7 Å². The lowest BCUT2D eigenvalue weighted by Gasteiger charge is -2.32. The summed E-state index contributed by atoms with van der Waals surface area (Å²) in [5.74, 6) is 0.166. The van der Waals surface area contributed by atoms with E-state index in [1.807, 2.05) is 12.1 Å². The Balaban J connectivity index is 1.66. The van der Waals surface area contributed by atoms with Crippen LogP contribution in [0, 0.1) is 11.7 Å². The van der Waals surface area contributed by atoms with E-state index >= 15 is 0 Å². The fourth-order valence-corrected chi connectivity index (χ4v) is 4.21. The Labute approximate surface area is 141 Å². The Morgan fingerprint density at radius 2 is 2.17 bits per heavy atom. The molecule has 0 bridgehead atoms. The molecule has 1 atom stereocenters. The Kier molecular flexibility index (Phi) is 5.01. The molecule has 0 amide bonds. The topological polar surface area (TPSA) is 66.1 Å². The third-order valence-electron chi connectivity index (χ3n) is 4.53. The zero-order chi connectivity index (χ0) is 17.2. The van der Waals surface area contributed by atoms with Gasteiger partial charge in [0.15, 0.2) is 9.84 Å². The molecule has 2 aromatic rings. The van der Waals surface area contributed by atoms with Crippen LogP contribution in [0.15, 0.2) is 35.4 Å². The van der Waals surface area contributed by atoms with Gasteiger partial charge in [0.2, 0.25) is 0 Å². The van der Waals surface area contributed by atoms with Crippen LogP contribution in [0.2, 0.25) is 0 Å². The third-order valence-corrected chi connectivity index (χ3v) is 5.68. The van der Waals surface area contributed by atoms with Gasteiger partial charge in [0.05, 0.1) is 11.9 Å². The minimum Gasteiger partial charge on any atom is -0.299 e. The number of nitrogens with zero attached hydrogens (tertiary/aromatic N) is 2. The molecule has 0 radical (unpaired) electrons. The molecule has 3 rings (SSSR count). The number of aromatic amines is 1. The van der Waals surface area contributed by atoms with E-state index in [0.717, 1.165) is 25.9 Å². The quantitative estimate of drug-likeness (QED) is 0.898. The smallest absolute Gasteiger partial charge is 0.178 e. The van der Waals surface area contributed by atoms with Gasteiger partial charge in [-0.1, -0.05) is 18.2 Å². The molecule has 0 spiro atoms. The highest BCUT2D eigenvalue weighted by molar-refractivity contribution is 7.90. The van der Waals surface area contributed by atoms with Crippen LogP contribution in [-0.4, -0.2) is 42.9 Å². The first-order chi connectivity index (χ1) is 11.4. The second-order valence-electron chi connectivity index (χ2n) is 6.52. The van der Waals surface area contributed by atoms with Crippen LogP contribution in [0.3, 0.4) is 0 Å². The molecule has 130 valence electrons. The summed E-state index contributed by atoms with van der Waals surface area (Å²) in [5, 5.41) is 6.71. The summed E-state index contributed by atoms with van der Waals surface area (Å²) < 4.78 is 37.4. The van der Waals surface area contributed by atoms with Gasteiger partial charge < -0.3 is 0 Å². The minimum absolute atomic E-state index is 0.174. The lowest BCUT2D eigenvalue weighted by atomic mass is 9.93. The molecule has 0 aliphatic carbocycles. The van der Waals surface area contributed by atoms with Crippen molar-refractivity contribution in [3.63, 3.8) is 0 Å². The molecule has 1 saturated heterocycles. The number of sulfone groups is 1. The molecule has 2 heterocycles. The van der Waals surface area contributed by atoms with Gasteiger partial charge in [-0.2, -0.15) is 5.10 Å². The highest BCUT2D eigenvalue weighted by Gasteiger charge is 2.24. The normalized spacial score (nSPS) is 19.5. The van der Waals surface area contributed by atoms with Crippen molar-refractivity contribution in [2.45, 2.75) is 30.7 Å². The van der Waals surface area contributed by atoms with Crippen molar-refractivity contribution >= 4 is 9.84 Å². The van der Waals surface area contributed by atoms with E-state index in [1.54, 1.807) is 6.07 Å². The van der Waals surface area contributed by atoms with Gasteiger partial charge in [-0.25, -0.2) is 12.8 Å². The summed E-state index contributed by atoms with van der Waals surface area (Å²) in [4.78, 5) is 2.53. The Hall–Kier alpha value is -1.73. The maximum atomic E-state index is 13.8. The Morgan fingerprint density at radius 3 is 2.92 bits per heavy atom. The molecule has 0 unspecified atom stereocenters. The molecular formula is C17H22FN3O2S. The molecule has 1 fully saturated rings. The van der Waals surface area contributed by atoms with Crippen LogP contribution in [0.4, 0.5) is 4.39 Å². The standard InChI is InChI=1S/C17H22FN3O2S/c1-24(22,23)17-10-19-20-16(17)9-13-5-4-8-21(11-13)12-14-6-2-3-7-15(14)18/h2-3,6-7,10,13H,4-5,8-9,11-12H2,1H3,(H,19,20)/t13-/m0/s1. The van der Waals surface area contributed by atoms with E-state index in [-0.39, 0.29) is 10.7 Å². The number of piperidine rings is 1. The van der Waals surface area contributed by atoms with Gasteiger partial charge in [0, 0.05) is 24.9 Å². The molecule has 1 aromatic carbocycles. The molecule has 1 N–H and O–H groups in total. The number of halogens is 1. The van der Waals surface area contributed by atoms with Crippen LogP contribution in [0.1, 0.15) is 24.1 Å². The van der Waals surface area contributed by atoms with Crippen molar-refractivity contribution in [2.75, 3.05) is 19.3 Å². The van der Waals surface area contributed by atoms with Crippen LogP contribution in [0.25, 0.3) is 0 Å². The molecule has 1 aliphatic rings. The summed E-state index contributed by atoms with van der Waals surface area (Å²) >= 11 is 0. The van der Waals surface area contributed by atoms with Crippen LogP contribution < -0.4 is 0 Å². The zero-order valence-corrected chi connectivity index (χ0v) is 14.5. The third kappa shape index (κ3) is 4.02. The SMILES string of the molecule is CS(=O)(=O)c1cn[nH]c1C[C@@H]1CCCN(Cc2ccccc2F)C1. The van der Waals surface area contributed by atoms with E-state index in [2.05, 4.69) is 15.1 Å². The van der Waals surface area contributed by atoms with Crippen molar-refractivity contribution in [2.24, 2.45) is 5.92 Å². The van der Waals surface area contributed by atoms with Gasteiger partial charge in [-0.3, -0.25) is 10.00 Å². The largest absolute Gasteiger partial charge is 0.299 e. The van der Waals surface area contributed by atoms with Gasteiger partial charge >= 0.3 is 0 Å². The van der Waals surface area contributed by atoms with E-state index in [9.17, 15) is 12.8 Å². The van der Waals surface area contributed by atoms with E-state index in [0.29, 0.717) is 30.1 Å². The highest BCUT2D eigenvalue weighted by Crippen LogP contribution is 2.24. The predicted molar refractivity (Wildman–Crippen MR) is 89.8 cm³/mol. The Morgan fingerprint density at radius 1 is 1.38 bits per heavy atom. The van der Waals surface area contributed by atoms with E-state index in [1.165, 1.54) is 18.5 Å². The van der Waals surface area contributed by atoms with Crippen LogP contribution in [-0.2, 0) is 22.8 Å². The van der Waals surface area contributed by atoms with Crippen molar-refractivity contribution in [1.29, 1.82) is 0 Å². The maximum absolute atomic E-state index is 13.8. The van der Waals surface area contributed by atoms with E-state index < -0.39 is 9.84 Å². The van der Waals surface area contributed by atoms with Gasteiger partial charge in [-0.15, -0.1) is 0 Å². The number of H-pyrrole nitrogens is 1. The molecule has 7 heteroatoms. The highest BCUT2D eigenvalue weighted by atomic mass is 32.2. The average molecular weight is 351 g/mol. The van der Waals surface area contributed by atoms with Crippen LogP contribution >= 0.6 is 0 Å².